The highest BCUT2D eigenvalue weighted by Crippen LogP contribution is 2.08. The van der Waals surface area contributed by atoms with E-state index in [-0.39, 0.29) is 0 Å². The molecule has 0 aliphatic rings. The lowest BCUT2D eigenvalue weighted by molar-refractivity contribution is -0.697. The van der Waals surface area contributed by atoms with Gasteiger partial charge in [-0.15, -0.1) is 0 Å². The van der Waals surface area contributed by atoms with Crippen LogP contribution in [0, 0.1) is 6.92 Å². The van der Waals surface area contributed by atoms with Crippen LogP contribution in [-0.4, -0.2) is 11.5 Å². The summed E-state index contributed by atoms with van der Waals surface area (Å²) in [6.45, 7) is 5.58. The molecule has 1 heterocycles. The van der Waals surface area contributed by atoms with Crippen molar-refractivity contribution in [1.29, 1.82) is 0 Å². The number of thioether (sulfide) groups is 1. The molecule has 0 saturated heterocycles. The molecule has 1 nitrogen and oxygen atoms in total. The number of rotatable bonds is 9. The molecule has 1 aromatic rings. The summed E-state index contributed by atoms with van der Waals surface area (Å²) >= 11 is 2.11. The Morgan fingerprint density at radius 3 is 2.71 bits per heavy atom. The van der Waals surface area contributed by atoms with Crippen LogP contribution < -0.4 is 4.57 Å². The lowest BCUT2D eigenvalue weighted by Gasteiger charge is -2.00. The smallest absolute Gasteiger partial charge is 0.171 e. The van der Waals surface area contributed by atoms with Gasteiger partial charge >= 0.3 is 0 Å². The second-order valence-electron chi connectivity index (χ2n) is 4.65. The van der Waals surface area contributed by atoms with Crippen molar-refractivity contribution >= 4 is 11.8 Å². The Morgan fingerprint density at radius 2 is 1.94 bits per heavy atom. The molecule has 0 unspecified atom stereocenters. The quantitative estimate of drug-likeness (QED) is 0.475. The third kappa shape index (κ3) is 7.43. The molecule has 0 N–H and O–H groups in total. The van der Waals surface area contributed by atoms with Gasteiger partial charge in [0, 0.05) is 18.1 Å². The van der Waals surface area contributed by atoms with Crippen molar-refractivity contribution in [3.05, 3.63) is 30.1 Å². The van der Waals surface area contributed by atoms with Crippen molar-refractivity contribution in [3.63, 3.8) is 0 Å². The van der Waals surface area contributed by atoms with Crippen LogP contribution in [0.15, 0.2) is 24.5 Å². The molecule has 96 valence electrons. The minimum absolute atomic E-state index is 1.16. The number of pyridine rings is 1. The third-order valence-electron chi connectivity index (χ3n) is 2.85. The minimum atomic E-state index is 1.16. The maximum Gasteiger partial charge on any atom is 0.171 e. The molecule has 1 aromatic heterocycles. The largest absolute Gasteiger partial charge is 0.205 e. The van der Waals surface area contributed by atoms with E-state index in [1.807, 2.05) is 0 Å². The summed E-state index contributed by atoms with van der Waals surface area (Å²) in [4.78, 5) is 0. The van der Waals surface area contributed by atoms with Gasteiger partial charge in [0.25, 0.3) is 0 Å². The second-order valence-corrected chi connectivity index (χ2v) is 5.87. The molecular weight excluding hydrogens is 226 g/mol. The molecule has 0 amide bonds. The average Bonchev–Trinajstić information content (AvgIpc) is 2.33. The van der Waals surface area contributed by atoms with Crippen LogP contribution in [-0.2, 0) is 6.54 Å². The lowest BCUT2D eigenvalue weighted by atomic mass is 10.2. The monoisotopic (exact) mass is 252 g/mol. The van der Waals surface area contributed by atoms with Gasteiger partial charge in [0.05, 0.1) is 0 Å². The van der Waals surface area contributed by atoms with E-state index in [4.69, 9.17) is 0 Å². The molecule has 2 heteroatoms. The fourth-order valence-corrected chi connectivity index (χ4v) is 2.82. The van der Waals surface area contributed by atoms with Crippen molar-refractivity contribution in [2.24, 2.45) is 0 Å². The third-order valence-corrected chi connectivity index (χ3v) is 4.01. The summed E-state index contributed by atoms with van der Waals surface area (Å²) < 4.78 is 2.30. The highest BCUT2D eigenvalue weighted by atomic mass is 32.2. The molecule has 1 rings (SSSR count). The van der Waals surface area contributed by atoms with E-state index in [2.05, 4.69) is 54.7 Å². The van der Waals surface area contributed by atoms with Gasteiger partial charge in [0.2, 0.25) is 0 Å². The summed E-state index contributed by atoms with van der Waals surface area (Å²) in [5.41, 5.74) is 1.35. The highest BCUT2D eigenvalue weighted by molar-refractivity contribution is 7.99. The molecule has 17 heavy (non-hydrogen) atoms. The molecular formula is C15H26NS+. The summed E-state index contributed by atoms with van der Waals surface area (Å²) in [5.74, 6) is 2.64. The van der Waals surface area contributed by atoms with E-state index >= 15 is 0 Å². The van der Waals surface area contributed by atoms with Crippen LogP contribution >= 0.6 is 11.8 Å². The summed E-state index contributed by atoms with van der Waals surface area (Å²) in [5, 5.41) is 0. The summed E-state index contributed by atoms with van der Waals surface area (Å²) in [6, 6.07) is 4.28. The Hall–Kier alpha value is -0.500. The van der Waals surface area contributed by atoms with E-state index in [9.17, 15) is 0 Å². The first-order valence-electron chi connectivity index (χ1n) is 6.86. The van der Waals surface area contributed by atoms with Crippen molar-refractivity contribution < 1.29 is 4.57 Å². The second kappa shape index (κ2) is 9.52. The number of nitrogens with zero attached hydrogens (tertiary/aromatic N) is 1. The Balaban J connectivity index is 1.97. The molecule has 0 aliphatic heterocycles. The number of hydrogen-bond donors (Lipinski definition) is 0. The van der Waals surface area contributed by atoms with Crippen LogP contribution in [0.5, 0.6) is 0 Å². The van der Waals surface area contributed by atoms with E-state index in [0.717, 1.165) is 6.54 Å². The van der Waals surface area contributed by atoms with Crippen LogP contribution in [0.25, 0.3) is 0 Å². The van der Waals surface area contributed by atoms with Crippen molar-refractivity contribution in [1.82, 2.24) is 0 Å². The fourth-order valence-electron chi connectivity index (χ4n) is 1.87. The topological polar surface area (TPSA) is 3.88 Å². The maximum atomic E-state index is 2.30. The number of unbranched alkanes of at least 4 members (excludes halogenated alkanes) is 3. The predicted octanol–water partition coefficient (Wildman–Crippen LogP) is 3.99. The first-order chi connectivity index (χ1) is 8.33. The molecule has 0 spiro atoms. The van der Waals surface area contributed by atoms with Gasteiger partial charge in [-0.2, -0.15) is 11.8 Å². The normalized spacial score (nSPS) is 10.7. The van der Waals surface area contributed by atoms with Gasteiger partial charge in [0.1, 0.15) is 6.54 Å². The zero-order chi connectivity index (χ0) is 12.3. The van der Waals surface area contributed by atoms with Crippen LogP contribution in [0.2, 0.25) is 0 Å². The molecule has 0 radical (unpaired) electrons. The Morgan fingerprint density at radius 1 is 1.12 bits per heavy atom. The van der Waals surface area contributed by atoms with E-state index in [0.29, 0.717) is 0 Å². The number of aromatic nitrogens is 1. The van der Waals surface area contributed by atoms with E-state index in [1.165, 1.54) is 49.2 Å². The van der Waals surface area contributed by atoms with Crippen LogP contribution in [0.3, 0.4) is 0 Å². The van der Waals surface area contributed by atoms with Gasteiger partial charge in [-0.1, -0.05) is 26.2 Å². The molecule has 0 bridgehead atoms. The molecule has 0 fully saturated rings. The predicted molar refractivity (Wildman–Crippen MR) is 77.5 cm³/mol. The van der Waals surface area contributed by atoms with Crippen molar-refractivity contribution in [2.45, 2.75) is 52.5 Å². The van der Waals surface area contributed by atoms with Crippen molar-refractivity contribution in [3.8, 4) is 0 Å². The zero-order valence-electron chi connectivity index (χ0n) is 11.3. The van der Waals surface area contributed by atoms with Gasteiger partial charge < -0.3 is 0 Å². The Labute approximate surface area is 111 Å². The first kappa shape index (κ1) is 14.6. The fraction of sp³-hybridized carbons (Fsp3) is 0.667. The van der Waals surface area contributed by atoms with E-state index < -0.39 is 0 Å². The summed E-state index contributed by atoms with van der Waals surface area (Å²) in [6.07, 6.45) is 11.2. The Bertz CT molecular complexity index is 299. The highest BCUT2D eigenvalue weighted by Gasteiger charge is 1.99. The standard InChI is InChI=1S/C15H26NS/c1-3-4-5-6-12-17-13-8-11-16-10-7-9-15(2)14-16/h7,9-10,14H,3-6,8,11-13H2,1-2H3/q+1. The van der Waals surface area contributed by atoms with Gasteiger partial charge in [-0.3, -0.25) is 0 Å². The molecule has 0 atom stereocenters. The number of hydrogen-bond acceptors (Lipinski definition) is 1. The molecule has 0 saturated carbocycles. The van der Waals surface area contributed by atoms with Gasteiger partial charge in [0.15, 0.2) is 12.4 Å². The minimum Gasteiger partial charge on any atom is -0.205 e. The Kier molecular flexibility index (Phi) is 8.16. The number of aryl methyl sites for hydroxylation is 2. The molecule has 0 aromatic carbocycles. The maximum absolute atomic E-state index is 2.30. The zero-order valence-corrected chi connectivity index (χ0v) is 12.1. The average molecular weight is 252 g/mol. The lowest BCUT2D eigenvalue weighted by Crippen LogP contribution is -2.33. The van der Waals surface area contributed by atoms with Gasteiger partial charge in [-0.05, 0) is 30.9 Å². The van der Waals surface area contributed by atoms with Crippen LogP contribution in [0.4, 0.5) is 0 Å². The SMILES string of the molecule is CCCCCCSCCC[n+]1cccc(C)c1. The van der Waals surface area contributed by atoms with Gasteiger partial charge in [-0.25, -0.2) is 4.57 Å². The van der Waals surface area contributed by atoms with Crippen molar-refractivity contribution in [2.75, 3.05) is 11.5 Å². The first-order valence-corrected chi connectivity index (χ1v) is 8.02. The van der Waals surface area contributed by atoms with Crippen LogP contribution in [0.1, 0.15) is 44.6 Å². The van der Waals surface area contributed by atoms with E-state index in [1.54, 1.807) is 0 Å². The molecule has 0 aliphatic carbocycles. The summed E-state index contributed by atoms with van der Waals surface area (Å²) in [7, 11) is 0.